The molecule has 0 saturated carbocycles. The minimum atomic E-state index is -0.325. The minimum absolute atomic E-state index is 0.325. The van der Waals surface area contributed by atoms with Crippen LogP contribution in [0.1, 0.15) is 17.9 Å². The third-order valence-corrected chi connectivity index (χ3v) is 3.87. The molecule has 0 unspecified atom stereocenters. The Labute approximate surface area is 96.6 Å². The fourth-order valence-corrected chi connectivity index (χ4v) is 2.96. The molecule has 4 heteroatoms. The predicted octanol–water partition coefficient (Wildman–Crippen LogP) is 1.38. The first-order valence-corrected chi connectivity index (χ1v) is 6.03. The Morgan fingerprint density at radius 1 is 1.44 bits per heavy atom. The maximum absolute atomic E-state index is 9.65. The van der Waals surface area contributed by atoms with Crippen molar-refractivity contribution in [2.45, 2.75) is 25.2 Å². The molecule has 0 aliphatic carbocycles. The SMILES string of the molecule is CB(O)N1CC[C@H]2Nc3ccccc3[C@H]2C1. The van der Waals surface area contributed by atoms with Crippen LogP contribution < -0.4 is 5.32 Å². The van der Waals surface area contributed by atoms with E-state index in [0.29, 0.717) is 12.0 Å². The van der Waals surface area contributed by atoms with Gasteiger partial charge in [-0.05, 0) is 38.0 Å². The third kappa shape index (κ3) is 1.53. The van der Waals surface area contributed by atoms with Gasteiger partial charge in [0.1, 0.15) is 0 Å². The summed E-state index contributed by atoms with van der Waals surface area (Å²) in [7, 11) is -0.325. The average molecular weight is 216 g/mol. The fourth-order valence-electron chi connectivity index (χ4n) is 2.96. The Bertz CT molecular complexity index is 396. The number of anilines is 1. The summed E-state index contributed by atoms with van der Waals surface area (Å²) in [4.78, 5) is 2.16. The van der Waals surface area contributed by atoms with Crippen LogP contribution in [0.15, 0.2) is 24.3 Å². The summed E-state index contributed by atoms with van der Waals surface area (Å²) >= 11 is 0. The van der Waals surface area contributed by atoms with E-state index in [4.69, 9.17) is 0 Å². The maximum Gasteiger partial charge on any atom is 0.376 e. The first-order valence-electron chi connectivity index (χ1n) is 6.03. The largest absolute Gasteiger partial charge is 0.437 e. The molecule has 1 fully saturated rings. The molecular formula is C12H17BN2O. The van der Waals surface area contributed by atoms with E-state index in [9.17, 15) is 5.02 Å². The van der Waals surface area contributed by atoms with Gasteiger partial charge in [-0.2, -0.15) is 0 Å². The number of hydrogen-bond donors (Lipinski definition) is 2. The predicted molar refractivity (Wildman–Crippen MR) is 66.6 cm³/mol. The van der Waals surface area contributed by atoms with Gasteiger partial charge in [0.2, 0.25) is 0 Å². The lowest BCUT2D eigenvalue weighted by molar-refractivity contribution is 0.277. The molecule has 2 N–H and O–H groups in total. The second kappa shape index (κ2) is 3.79. The molecule has 16 heavy (non-hydrogen) atoms. The molecule has 0 amide bonds. The molecule has 3 nitrogen and oxygen atoms in total. The molecule has 2 aliphatic rings. The van der Waals surface area contributed by atoms with Gasteiger partial charge >= 0.3 is 7.05 Å². The van der Waals surface area contributed by atoms with Crippen LogP contribution >= 0.6 is 0 Å². The van der Waals surface area contributed by atoms with Gasteiger partial charge in [0.15, 0.2) is 0 Å². The van der Waals surface area contributed by atoms with Crippen molar-refractivity contribution in [1.82, 2.24) is 4.81 Å². The van der Waals surface area contributed by atoms with Gasteiger partial charge in [0.05, 0.1) is 0 Å². The van der Waals surface area contributed by atoms with Gasteiger partial charge in [-0.25, -0.2) is 0 Å². The Kier molecular flexibility index (Phi) is 2.41. The summed E-state index contributed by atoms with van der Waals surface area (Å²) in [6, 6.07) is 9.10. The number of benzene rings is 1. The highest BCUT2D eigenvalue weighted by Gasteiger charge is 2.37. The average Bonchev–Trinajstić information content (AvgIpc) is 2.66. The lowest BCUT2D eigenvalue weighted by Crippen LogP contribution is -2.48. The van der Waals surface area contributed by atoms with Crippen LogP contribution in [-0.2, 0) is 0 Å². The van der Waals surface area contributed by atoms with Gasteiger partial charge in [0, 0.05) is 17.6 Å². The molecule has 84 valence electrons. The van der Waals surface area contributed by atoms with E-state index < -0.39 is 0 Å². The van der Waals surface area contributed by atoms with Crippen molar-refractivity contribution in [1.29, 1.82) is 0 Å². The van der Waals surface area contributed by atoms with Crippen molar-refractivity contribution in [3.8, 4) is 0 Å². The van der Waals surface area contributed by atoms with E-state index >= 15 is 0 Å². The van der Waals surface area contributed by atoms with E-state index in [1.165, 1.54) is 11.3 Å². The van der Waals surface area contributed by atoms with E-state index in [2.05, 4.69) is 34.4 Å². The van der Waals surface area contributed by atoms with Crippen molar-refractivity contribution < 1.29 is 5.02 Å². The molecule has 1 saturated heterocycles. The second-order valence-corrected chi connectivity index (χ2v) is 4.86. The first-order chi connectivity index (χ1) is 7.75. The van der Waals surface area contributed by atoms with Crippen LogP contribution in [0.5, 0.6) is 0 Å². The standard InChI is InChI=1S/C12H17BN2O/c1-13(16)15-7-6-12-10(8-15)9-4-2-3-5-11(9)14-12/h2-5,10,12,14,16H,6-8H2,1H3/t10-,12-/m1/s1. The molecule has 2 atom stereocenters. The fraction of sp³-hybridized carbons (Fsp3) is 0.500. The number of rotatable bonds is 1. The highest BCUT2D eigenvalue weighted by molar-refractivity contribution is 6.45. The lowest BCUT2D eigenvalue weighted by Gasteiger charge is -2.35. The van der Waals surface area contributed by atoms with Crippen molar-refractivity contribution in [3.63, 3.8) is 0 Å². The number of nitrogens with zero attached hydrogens (tertiary/aromatic N) is 1. The van der Waals surface area contributed by atoms with Crippen molar-refractivity contribution in [2.75, 3.05) is 18.4 Å². The normalized spacial score (nSPS) is 28.1. The zero-order valence-electron chi connectivity index (χ0n) is 9.56. The van der Waals surface area contributed by atoms with E-state index in [-0.39, 0.29) is 7.05 Å². The van der Waals surface area contributed by atoms with E-state index in [1.807, 2.05) is 6.82 Å². The Balaban J connectivity index is 1.87. The third-order valence-electron chi connectivity index (χ3n) is 3.87. The van der Waals surface area contributed by atoms with E-state index in [0.717, 1.165) is 19.5 Å². The summed E-state index contributed by atoms with van der Waals surface area (Å²) in [5.74, 6) is 0.541. The minimum Gasteiger partial charge on any atom is -0.437 e. The molecule has 2 aliphatic heterocycles. The summed E-state index contributed by atoms with van der Waals surface area (Å²) in [6.45, 7) is 3.81. The smallest absolute Gasteiger partial charge is 0.376 e. The Hall–Kier alpha value is -0.995. The van der Waals surface area contributed by atoms with Crippen LogP contribution in [0.4, 0.5) is 5.69 Å². The Morgan fingerprint density at radius 2 is 2.25 bits per heavy atom. The quantitative estimate of drug-likeness (QED) is 0.696. The second-order valence-electron chi connectivity index (χ2n) is 4.86. The number of para-hydroxylation sites is 1. The molecular weight excluding hydrogens is 199 g/mol. The highest BCUT2D eigenvalue weighted by atomic mass is 16.2. The Morgan fingerprint density at radius 3 is 3.06 bits per heavy atom. The monoisotopic (exact) mass is 216 g/mol. The summed E-state index contributed by atoms with van der Waals surface area (Å²) in [5.41, 5.74) is 2.70. The molecule has 0 radical (unpaired) electrons. The molecule has 0 aromatic heterocycles. The zero-order chi connectivity index (χ0) is 11.1. The van der Waals surface area contributed by atoms with Crippen molar-refractivity contribution >= 4 is 12.7 Å². The summed E-state index contributed by atoms with van der Waals surface area (Å²) < 4.78 is 0. The highest BCUT2D eigenvalue weighted by Crippen LogP contribution is 2.39. The number of piperidine rings is 1. The number of nitrogens with one attached hydrogen (secondary N) is 1. The van der Waals surface area contributed by atoms with Crippen LogP contribution in [0.25, 0.3) is 0 Å². The summed E-state index contributed by atoms with van der Waals surface area (Å²) in [6.07, 6.45) is 1.12. The van der Waals surface area contributed by atoms with Gasteiger partial charge in [-0.1, -0.05) is 18.2 Å². The lowest BCUT2D eigenvalue weighted by atomic mass is 9.78. The zero-order valence-corrected chi connectivity index (χ0v) is 9.56. The van der Waals surface area contributed by atoms with Crippen LogP contribution in [-0.4, -0.2) is 36.0 Å². The van der Waals surface area contributed by atoms with Crippen molar-refractivity contribution in [3.05, 3.63) is 29.8 Å². The van der Waals surface area contributed by atoms with Gasteiger partial charge < -0.3 is 15.2 Å². The van der Waals surface area contributed by atoms with Crippen LogP contribution in [0.3, 0.4) is 0 Å². The maximum atomic E-state index is 9.65. The first kappa shape index (κ1) is 10.2. The molecule has 0 spiro atoms. The van der Waals surface area contributed by atoms with Crippen LogP contribution in [0, 0.1) is 0 Å². The summed E-state index contributed by atoms with van der Waals surface area (Å²) in [5, 5.41) is 13.2. The molecule has 0 bridgehead atoms. The van der Waals surface area contributed by atoms with Gasteiger partial charge in [-0.3, -0.25) is 0 Å². The molecule has 3 rings (SSSR count). The topological polar surface area (TPSA) is 35.5 Å². The van der Waals surface area contributed by atoms with Crippen molar-refractivity contribution in [2.24, 2.45) is 0 Å². The van der Waals surface area contributed by atoms with Gasteiger partial charge in [-0.15, -0.1) is 0 Å². The molecule has 2 heterocycles. The van der Waals surface area contributed by atoms with E-state index in [1.54, 1.807) is 0 Å². The number of fused-ring (bicyclic) bond motifs is 3. The molecule has 1 aromatic carbocycles. The van der Waals surface area contributed by atoms with Gasteiger partial charge in [0.25, 0.3) is 0 Å². The number of hydrogen-bond acceptors (Lipinski definition) is 3. The molecule has 1 aromatic rings. The van der Waals surface area contributed by atoms with Crippen LogP contribution in [0.2, 0.25) is 6.82 Å².